The van der Waals surface area contributed by atoms with Gasteiger partial charge in [-0.1, -0.05) is 27.5 Å². The van der Waals surface area contributed by atoms with Gasteiger partial charge in [0.2, 0.25) is 0 Å². The van der Waals surface area contributed by atoms with Crippen LogP contribution in [0.3, 0.4) is 0 Å². The summed E-state index contributed by atoms with van der Waals surface area (Å²) >= 11 is 11.4. The summed E-state index contributed by atoms with van der Waals surface area (Å²) in [4.78, 5) is 2.72. The lowest BCUT2D eigenvalue weighted by Gasteiger charge is -2.13. The lowest BCUT2D eigenvalue weighted by Crippen LogP contribution is -2.17. The van der Waals surface area contributed by atoms with E-state index in [0.29, 0.717) is 6.04 Å². The van der Waals surface area contributed by atoms with Crippen molar-refractivity contribution >= 4 is 38.9 Å². The van der Waals surface area contributed by atoms with Crippen LogP contribution in [-0.2, 0) is 6.54 Å². The second-order valence-corrected chi connectivity index (χ2v) is 6.90. The van der Waals surface area contributed by atoms with Gasteiger partial charge in [-0.15, -0.1) is 11.3 Å². The molecule has 1 N–H and O–H groups in total. The van der Waals surface area contributed by atoms with Crippen LogP contribution in [-0.4, -0.2) is 0 Å². The molecule has 1 nitrogen and oxygen atoms in total. The Hall–Kier alpha value is -0.350. The average Bonchev–Trinajstić information content (AvgIpc) is 2.77. The van der Waals surface area contributed by atoms with Gasteiger partial charge in [-0.2, -0.15) is 0 Å². The van der Waals surface area contributed by atoms with E-state index < -0.39 is 0 Å². The Bertz CT molecular complexity index is 538. The predicted molar refractivity (Wildman–Crippen MR) is 83.5 cm³/mol. The molecule has 2 aromatic rings. The molecule has 0 bridgehead atoms. The molecule has 0 spiro atoms. The molecule has 0 aliphatic heterocycles. The molecule has 0 aliphatic rings. The molecule has 1 atom stereocenters. The fourth-order valence-corrected chi connectivity index (χ4v) is 3.21. The number of nitrogens with one attached hydrogen (secondary N) is 1. The Morgan fingerprint density at radius 1 is 1.33 bits per heavy atom. The molecule has 1 aromatic carbocycles. The van der Waals surface area contributed by atoms with Crippen molar-refractivity contribution in [3.8, 4) is 0 Å². The summed E-state index contributed by atoms with van der Waals surface area (Å²) in [5, 5.41) is 4.29. The van der Waals surface area contributed by atoms with E-state index in [1.54, 1.807) is 0 Å². The van der Waals surface area contributed by atoms with Crippen molar-refractivity contribution in [2.45, 2.75) is 26.4 Å². The molecule has 2 rings (SSSR count). The highest BCUT2D eigenvalue weighted by Gasteiger charge is 2.08. The molecule has 0 saturated heterocycles. The standard InChI is InChI=1S/C14H15BrClNS/c1-9-3-6-14(18-9)10(2)17-8-11-7-12(16)4-5-13(11)15/h3-7,10,17H,8H2,1-2H3. The first-order valence-corrected chi connectivity index (χ1v) is 7.78. The summed E-state index contributed by atoms with van der Waals surface area (Å²) in [6.07, 6.45) is 0. The van der Waals surface area contributed by atoms with E-state index in [-0.39, 0.29) is 0 Å². The van der Waals surface area contributed by atoms with Gasteiger partial charge in [-0.05, 0) is 49.7 Å². The maximum absolute atomic E-state index is 6.01. The third kappa shape index (κ3) is 3.58. The molecule has 0 aliphatic carbocycles. The van der Waals surface area contributed by atoms with Crippen molar-refractivity contribution < 1.29 is 0 Å². The Kier molecular flexibility index (Phi) is 4.84. The van der Waals surface area contributed by atoms with Crippen molar-refractivity contribution in [2.24, 2.45) is 0 Å². The monoisotopic (exact) mass is 343 g/mol. The lowest BCUT2D eigenvalue weighted by atomic mass is 10.2. The zero-order valence-electron chi connectivity index (χ0n) is 10.3. The number of hydrogen-bond acceptors (Lipinski definition) is 2. The van der Waals surface area contributed by atoms with Crippen LogP contribution in [0.25, 0.3) is 0 Å². The molecule has 4 heteroatoms. The number of halogens is 2. The fraction of sp³-hybridized carbons (Fsp3) is 0.286. The smallest absolute Gasteiger partial charge is 0.0410 e. The first kappa shape index (κ1) is 14.1. The van der Waals surface area contributed by atoms with E-state index in [1.807, 2.05) is 29.5 Å². The van der Waals surface area contributed by atoms with E-state index >= 15 is 0 Å². The Balaban J connectivity index is 2.01. The van der Waals surface area contributed by atoms with Gasteiger partial charge in [-0.3, -0.25) is 0 Å². The van der Waals surface area contributed by atoms with Gasteiger partial charge in [0.1, 0.15) is 0 Å². The van der Waals surface area contributed by atoms with Crippen LogP contribution in [0.4, 0.5) is 0 Å². The molecule has 0 saturated carbocycles. The van der Waals surface area contributed by atoms with E-state index in [2.05, 4.69) is 47.2 Å². The van der Waals surface area contributed by atoms with Gasteiger partial charge in [-0.25, -0.2) is 0 Å². The van der Waals surface area contributed by atoms with Crippen molar-refractivity contribution in [1.29, 1.82) is 0 Å². The van der Waals surface area contributed by atoms with Gasteiger partial charge < -0.3 is 5.32 Å². The van der Waals surface area contributed by atoms with Gasteiger partial charge >= 0.3 is 0 Å². The van der Waals surface area contributed by atoms with Gasteiger partial charge in [0.05, 0.1) is 0 Å². The number of thiophene rings is 1. The molecule has 1 heterocycles. The Labute approximate surface area is 125 Å². The zero-order valence-corrected chi connectivity index (χ0v) is 13.5. The number of rotatable bonds is 4. The highest BCUT2D eigenvalue weighted by Crippen LogP contribution is 2.24. The van der Waals surface area contributed by atoms with Crippen LogP contribution in [0.1, 0.15) is 28.3 Å². The number of hydrogen-bond donors (Lipinski definition) is 1. The van der Waals surface area contributed by atoms with Crippen molar-refractivity contribution in [1.82, 2.24) is 5.32 Å². The molecule has 0 radical (unpaired) electrons. The highest BCUT2D eigenvalue weighted by molar-refractivity contribution is 9.10. The highest BCUT2D eigenvalue weighted by atomic mass is 79.9. The lowest BCUT2D eigenvalue weighted by molar-refractivity contribution is 0.582. The Morgan fingerprint density at radius 2 is 2.11 bits per heavy atom. The van der Waals surface area contributed by atoms with E-state index in [9.17, 15) is 0 Å². The number of benzene rings is 1. The average molecular weight is 345 g/mol. The van der Waals surface area contributed by atoms with Gasteiger partial charge in [0.15, 0.2) is 0 Å². The summed E-state index contributed by atoms with van der Waals surface area (Å²) in [5.74, 6) is 0. The molecule has 1 unspecified atom stereocenters. The second-order valence-electron chi connectivity index (χ2n) is 4.29. The molecule has 0 fully saturated rings. The van der Waals surface area contributed by atoms with Crippen LogP contribution in [0.5, 0.6) is 0 Å². The normalized spacial score (nSPS) is 12.7. The van der Waals surface area contributed by atoms with Crippen LogP contribution in [0, 0.1) is 6.92 Å². The Morgan fingerprint density at radius 3 is 2.78 bits per heavy atom. The molecule has 18 heavy (non-hydrogen) atoms. The zero-order chi connectivity index (χ0) is 13.1. The largest absolute Gasteiger partial charge is 0.305 e. The molecular formula is C14H15BrClNS. The van der Waals surface area contributed by atoms with Crippen LogP contribution >= 0.6 is 38.9 Å². The first-order chi connectivity index (χ1) is 8.56. The fourth-order valence-electron chi connectivity index (χ4n) is 1.73. The summed E-state index contributed by atoms with van der Waals surface area (Å²) in [6.45, 7) is 5.12. The minimum atomic E-state index is 0.356. The van der Waals surface area contributed by atoms with Crippen molar-refractivity contribution in [3.63, 3.8) is 0 Å². The van der Waals surface area contributed by atoms with Crippen molar-refractivity contribution in [2.75, 3.05) is 0 Å². The topological polar surface area (TPSA) is 12.0 Å². The summed E-state index contributed by atoms with van der Waals surface area (Å²) < 4.78 is 1.09. The van der Waals surface area contributed by atoms with E-state index in [0.717, 1.165) is 16.0 Å². The third-order valence-corrected chi connectivity index (χ3v) is 4.99. The van der Waals surface area contributed by atoms with Gasteiger partial charge in [0.25, 0.3) is 0 Å². The molecule has 0 amide bonds. The third-order valence-electron chi connectivity index (χ3n) is 2.79. The minimum Gasteiger partial charge on any atom is -0.305 e. The van der Waals surface area contributed by atoms with Gasteiger partial charge in [0, 0.05) is 31.8 Å². The maximum atomic E-state index is 6.01. The van der Waals surface area contributed by atoms with Crippen LogP contribution < -0.4 is 5.32 Å². The molecule has 1 aromatic heterocycles. The summed E-state index contributed by atoms with van der Waals surface area (Å²) in [5.41, 5.74) is 1.18. The SMILES string of the molecule is Cc1ccc(C(C)NCc2cc(Cl)ccc2Br)s1. The number of aryl methyl sites for hydroxylation is 1. The summed E-state index contributed by atoms with van der Waals surface area (Å²) in [6, 6.07) is 10.6. The first-order valence-electron chi connectivity index (χ1n) is 5.80. The quantitative estimate of drug-likeness (QED) is 0.791. The molecule has 96 valence electrons. The van der Waals surface area contributed by atoms with E-state index in [4.69, 9.17) is 11.6 Å². The van der Waals surface area contributed by atoms with E-state index in [1.165, 1.54) is 15.3 Å². The predicted octanol–water partition coefficient (Wildman–Crippen LogP) is 5.32. The van der Waals surface area contributed by atoms with Crippen LogP contribution in [0.15, 0.2) is 34.8 Å². The maximum Gasteiger partial charge on any atom is 0.0410 e. The second kappa shape index (κ2) is 6.20. The van der Waals surface area contributed by atoms with Crippen molar-refractivity contribution in [3.05, 3.63) is 55.1 Å². The van der Waals surface area contributed by atoms with Crippen LogP contribution in [0.2, 0.25) is 5.02 Å². The summed E-state index contributed by atoms with van der Waals surface area (Å²) in [7, 11) is 0. The minimum absolute atomic E-state index is 0.356. The molecular weight excluding hydrogens is 330 g/mol.